The number of ether oxygens (including phenoxy) is 1. The van der Waals surface area contributed by atoms with E-state index in [1.54, 1.807) is 4.72 Å². The normalized spacial score (nSPS) is 13.4. The highest BCUT2D eigenvalue weighted by Gasteiger charge is 2.38. The average Bonchev–Trinajstić information content (AvgIpc) is 3.07. The van der Waals surface area contributed by atoms with Crippen molar-refractivity contribution in [2.45, 2.75) is 17.5 Å². The van der Waals surface area contributed by atoms with Crippen molar-refractivity contribution in [2.24, 2.45) is 0 Å². The molecule has 3 rings (SSSR count). The number of alkyl halides is 3. The summed E-state index contributed by atoms with van der Waals surface area (Å²) < 4.78 is 71.3. The lowest BCUT2D eigenvalue weighted by Gasteiger charge is -2.14. The zero-order chi connectivity index (χ0) is 19.8. The standard InChI is InChI=1S/C17H11F3N2O4S/c18-17(19,20)13-7-10(9-21)1-4-15(13)27(24,25)22-16(23)12-2-3-14-11(8-12)5-6-26-14/h1-4,7-8H,5-6H2,(H,22,23). The van der Waals surface area contributed by atoms with Gasteiger partial charge >= 0.3 is 6.18 Å². The number of hydrogen-bond acceptors (Lipinski definition) is 5. The van der Waals surface area contributed by atoms with Crippen LogP contribution < -0.4 is 9.46 Å². The summed E-state index contributed by atoms with van der Waals surface area (Å²) in [4.78, 5) is 11.1. The lowest BCUT2D eigenvalue weighted by Crippen LogP contribution is -2.32. The molecule has 0 unspecified atom stereocenters. The fourth-order valence-electron chi connectivity index (χ4n) is 2.62. The molecule has 2 aromatic rings. The summed E-state index contributed by atoms with van der Waals surface area (Å²) in [7, 11) is -4.82. The van der Waals surface area contributed by atoms with E-state index < -0.39 is 32.6 Å². The van der Waals surface area contributed by atoms with E-state index in [1.165, 1.54) is 24.3 Å². The van der Waals surface area contributed by atoms with E-state index in [-0.39, 0.29) is 11.1 Å². The fraction of sp³-hybridized carbons (Fsp3) is 0.176. The Morgan fingerprint density at radius 1 is 1.19 bits per heavy atom. The van der Waals surface area contributed by atoms with Crippen LogP contribution >= 0.6 is 0 Å². The van der Waals surface area contributed by atoms with Crippen molar-refractivity contribution in [3.63, 3.8) is 0 Å². The SMILES string of the molecule is N#Cc1ccc(S(=O)(=O)NC(=O)c2ccc3c(c2)CCO3)c(C(F)(F)F)c1. The number of carbonyl (C=O) groups is 1. The molecule has 6 nitrogen and oxygen atoms in total. The number of amides is 1. The van der Waals surface area contributed by atoms with Gasteiger partial charge in [0.2, 0.25) is 0 Å². The Morgan fingerprint density at radius 2 is 1.93 bits per heavy atom. The lowest BCUT2D eigenvalue weighted by atomic mass is 10.1. The summed E-state index contributed by atoms with van der Waals surface area (Å²) in [6.07, 6.45) is -4.48. The molecule has 1 aliphatic rings. The minimum Gasteiger partial charge on any atom is -0.493 e. The van der Waals surface area contributed by atoms with Crippen molar-refractivity contribution in [3.8, 4) is 11.8 Å². The molecule has 0 aliphatic carbocycles. The fourth-order valence-corrected chi connectivity index (χ4v) is 3.80. The van der Waals surface area contributed by atoms with Gasteiger partial charge in [0.15, 0.2) is 0 Å². The maximum absolute atomic E-state index is 13.2. The van der Waals surface area contributed by atoms with Gasteiger partial charge in [0.05, 0.1) is 28.7 Å². The first kappa shape index (κ1) is 18.7. The highest BCUT2D eigenvalue weighted by molar-refractivity contribution is 7.90. The minimum atomic E-state index is -5.02. The van der Waals surface area contributed by atoms with Gasteiger partial charge in [-0.25, -0.2) is 13.1 Å². The van der Waals surface area contributed by atoms with Crippen LogP contribution in [0.15, 0.2) is 41.3 Å². The summed E-state index contributed by atoms with van der Waals surface area (Å²) in [6, 6.07) is 7.75. The Kier molecular flexibility index (Phi) is 4.57. The molecule has 0 atom stereocenters. The Bertz CT molecular complexity index is 1070. The van der Waals surface area contributed by atoms with Crippen molar-refractivity contribution in [3.05, 3.63) is 58.7 Å². The molecule has 1 N–H and O–H groups in total. The minimum absolute atomic E-state index is 0.0231. The molecule has 2 aromatic carbocycles. The number of hydrogen-bond donors (Lipinski definition) is 1. The van der Waals surface area contributed by atoms with Crippen molar-refractivity contribution in [1.82, 2.24) is 4.72 Å². The van der Waals surface area contributed by atoms with Gasteiger partial charge in [-0.1, -0.05) is 0 Å². The summed E-state index contributed by atoms with van der Waals surface area (Å²) in [6.45, 7) is 0.429. The van der Waals surface area contributed by atoms with Crippen LogP contribution in [0.2, 0.25) is 0 Å². The van der Waals surface area contributed by atoms with Gasteiger partial charge in [-0.3, -0.25) is 4.79 Å². The van der Waals surface area contributed by atoms with E-state index in [9.17, 15) is 26.4 Å². The van der Waals surface area contributed by atoms with E-state index in [0.717, 1.165) is 6.07 Å². The Hall–Kier alpha value is -3.06. The van der Waals surface area contributed by atoms with Crippen molar-refractivity contribution in [1.29, 1.82) is 5.26 Å². The van der Waals surface area contributed by atoms with E-state index in [4.69, 9.17) is 10.00 Å². The average molecular weight is 396 g/mol. The Balaban J connectivity index is 1.95. The third-order valence-electron chi connectivity index (χ3n) is 3.88. The predicted octanol–water partition coefficient (Wildman–Crippen LogP) is 2.63. The lowest BCUT2D eigenvalue weighted by molar-refractivity contribution is -0.139. The molecule has 0 fully saturated rings. The second-order valence-electron chi connectivity index (χ2n) is 5.68. The smallest absolute Gasteiger partial charge is 0.417 e. The quantitative estimate of drug-likeness (QED) is 0.861. The second-order valence-corrected chi connectivity index (χ2v) is 7.33. The number of fused-ring (bicyclic) bond motifs is 1. The van der Waals surface area contributed by atoms with Crippen LogP contribution in [0.5, 0.6) is 5.75 Å². The highest BCUT2D eigenvalue weighted by atomic mass is 32.2. The number of benzene rings is 2. The number of sulfonamides is 1. The zero-order valence-electron chi connectivity index (χ0n) is 13.5. The van der Waals surface area contributed by atoms with Crippen LogP contribution in [0.1, 0.15) is 27.0 Å². The van der Waals surface area contributed by atoms with Crippen LogP contribution in [0.3, 0.4) is 0 Å². The van der Waals surface area contributed by atoms with Crippen LogP contribution in [-0.4, -0.2) is 20.9 Å². The molecule has 1 amide bonds. The molecular weight excluding hydrogens is 385 g/mol. The zero-order valence-corrected chi connectivity index (χ0v) is 14.3. The van der Waals surface area contributed by atoms with Crippen LogP contribution in [0, 0.1) is 11.3 Å². The molecule has 0 aromatic heterocycles. The number of nitrogens with one attached hydrogen (secondary N) is 1. The van der Waals surface area contributed by atoms with Crippen LogP contribution in [-0.2, 0) is 22.6 Å². The predicted molar refractivity (Wildman–Crippen MR) is 86.5 cm³/mol. The van der Waals surface area contributed by atoms with Crippen molar-refractivity contribution < 1.29 is 31.1 Å². The summed E-state index contributed by atoms with van der Waals surface area (Å²) in [5, 5.41) is 8.75. The van der Waals surface area contributed by atoms with Crippen molar-refractivity contribution in [2.75, 3.05) is 6.61 Å². The van der Waals surface area contributed by atoms with E-state index in [1.807, 2.05) is 0 Å². The largest absolute Gasteiger partial charge is 0.493 e. The van der Waals surface area contributed by atoms with Gasteiger partial charge in [0.25, 0.3) is 15.9 Å². The maximum Gasteiger partial charge on any atom is 0.417 e. The molecule has 140 valence electrons. The van der Waals surface area contributed by atoms with Gasteiger partial charge in [-0.05, 0) is 42.0 Å². The molecular formula is C17H11F3N2O4S. The molecule has 10 heteroatoms. The molecule has 1 aliphatic heterocycles. The molecule has 0 radical (unpaired) electrons. The van der Waals surface area contributed by atoms with Gasteiger partial charge in [-0.15, -0.1) is 0 Å². The topological polar surface area (TPSA) is 96.3 Å². The van der Waals surface area contributed by atoms with Gasteiger partial charge in [0.1, 0.15) is 5.75 Å². The van der Waals surface area contributed by atoms with Crippen LogP contribution in [0.4, 0.5) is 13.2 Å². The number of nitrogens with zero attached hydrogens (tertiary/aromatic N) is 1. The van der Waals surface area contributed by atoms with E-state index in [0.29, 0.717) is 36.5 Å². The molecule has 27 heavy (non-hydrogen) atoms. The molecule has 0 bridgehead atoms. The first-order valence-electron chi connectivity index (χ1n) is 7.56. The highest BCUT2D eigenvalue weighted by Crippen LogP contribution is 2.35. The first-order chi connectivity index (χ1) is 12.6. The van der Waals surface area contributed by atoms with Crippen molar-refractivity contribution >= 4 is 15.9 Å². The molecule has 0 spiro atoms. The Morgan fingerprint density at radius 3 is 2.59 bits per heavy atom. The number of nitriles is 1. The van der Waals surface area contributed by atoms with Gasteiger partial charge in [-0.2, -0.15) is 18.4 Å². The van der Waals surface area contributed by atoms with E-state index >= 15 is 0 Å². The molecule has 0 saturated carbocycles. The Labute approximate surface area is 152 Å². The number of halogens is 3. The molecule has 0 saturated heterocycles. The van der Waals surface area contributed by atoms with Gasteiger partial charge in [0, 0.05) is 12.0 Å². The van der Waals surface area contributed by atoms with Gasteiger partial charge < -0.3 is 4.74 Å². The van der Waals surface area contributed by atoms with E-state index in [2.05, 4.69) is 0 Å². The summed E-state index contributed by atoms with van der Waals surface area (Å²) in [5.41, 5.74) is -1.20. The second kappa shape index (κ2) is 6.59. The number of rotatable bonds is 3. The monoisotopic (exact) mass is 396 g/mol. The maximum atomic E-state index is 13.2. The third-order valence-corrected chi connectivity index (χ3v) is 5.27. The third kappa shape index (κ3) is 3.73. The summed E-state index contributed by atoms with van der Waals surface area (Å²) >= 11 is 0. The van der Waals surface area contributed by atoms with Crippen LogP contribution in [0.25, 0.3) is 0 Å². The summed E-state index contributed by atoms with van der Waals surface area (Å²) in [5.74, 6) is -0.497. The number of carbonyl (C=O) groups excluding carboxylic acids is 1. The molecule has 1 heterocycles. The first-order valence-corrected chi connectivity index (χ1v) is 9.04.